The van der Waals surface area contributed by atoms with Crippen LogP contribution in [0.25, 0.3) is 5.69 Å². The van der Waals surface area contributed by atoms with Gasteiger partial charge in [-0.15, -0.1) is 0 Å². The number of hydrogen-bond donors (Lipinski definition) is 0. The van der Waals surface area contributed by atoms with Crippen LogP contribution < -0.4 is 4.90 Å². The zero-order chi connectivity index (χ0) is 18.3. The molecule has 0 saturated heterocycles. The fourth-order valence-corrected chi connectivity index (χ4v) is 3.69. The molecule has 5 heteroatoms. The third-order valence-corrected chi connectivity index (χ3v) is 5.04. The molecule has 0 unspecified atom stereocenters. The molecular weight excluding hydrogens is 346 g/mol. The van der Waals surface area contributed by atoms with Crippen molar-refractivity contribution in [1.29, 1.82) is 0 Å². The van der Waals surface area contributed by atoms with Gasteiger partial charge >= 0.3 is 0 Å². The van der Waals surface area contributed by atoms with Crippen LogP contribution in [0.15, 0.2) is 54.7 Å². The zero-order valence-electron chi connectivity index (χ0n) is 14.8. The van der Waals surface area contributed by atoms with E-state index in [9.17, 15) is 4.79 Å². The molecule has 3 aromatic rings. The summed E-state index contributed by atoms with van der Waals surface area (Å²) in [5.41, 5.74) is 4.70. The summed E-state index contributed by atoms with van der Waals surface area (Å²) >= 11 is 6.00. The van der Waals surface area contributed by atoms with Crippen LogP contribution in [-0.4, -0.2) is 22.2 Å². The summed E-state index contributed by atoms with van der Waals surface area (Å²) in [6.07, 6.45) is 2.58. The first-order chi connectivity index (χ1) is 12.6. The summed E-state index contributed by atoms with van der Waals surface area (Å²) in [6, 6.07) is 15.6. The number of amides is 1. The Balaban J connectivity index is 1.76. The quantitative estimate of drug-likeness (QED) is 0.665. The van der Waals surface area contributed by atoms with E-state index >= 15 is 0 Å². The highest BCUT2D eigenvalue weighted by molar-refractivity contribution is 6.30. The predicted octanol–water partition coefficient (Wildman–Crippen LogP) is 4.85. The summed E-state index contributed by atoms with van der Waals surface area (Å²) in [4.78, 5) is 15.2. The number of carbonyl (C=O) groups excluding carboxylic acids is 1. The molecule has 0 aliphatic carbocycles. The highest BCUT2D eigenvalue weighted by Gasteiger charge is 2.29. The number of fused-ring (bicyclic) bond motifs is 1. The molecule has 0 bridgehead atoms. The summed E-state index contributed by atoms with van der Waals surface area (Å²) < 4.78 is 1.84. The van der Waals surface area contributed by atoms with Crippen molar-refractivity contribution < 1.29 is 4.79 Å². The first kappa shape index (κ1) is 16.9. The topological polar surface area (TPSA) is 38.1 Å². The lowest BCUT2D eigenvalue weighted by Gasteiger charge is -2.19. The number of rotatable bonds is 3. The maximum absolute atomic E-state index is 13.3. The smallest absolute Gasteiger partial charge is 0.261 e. The van der Waals surface area contributed by atoms with Gasteiger partial charge in [0.1, 0.15) is 0 Å². The Kier molecular flexibility index (Phi) is 4.29. The van der Waals surface area contributed by atoms with Gasteiger partial charge in [-0.3, -0.25) is 4.79 Å². The van der Waals surface area contributed by atoms with Crippen LogP contribution in [0.1, 0.15) is 41.4 Å². The SMILES string of the molecule is CC(C)c1c(C(=O)N2CCc3ccccc32)cnn1-c1ccc(Cl)cc1. The highest BCUT2D eigenvalue weighted by Crippen LogP contribution is 2.31. The maximum Gasteiger partial charge on any atom is 0.261 e. The van der Waals surface area contributed by atoms with Crippen molar-refractivity contribution >= 4 is 23.2 Å². The number of aromatic nitrogens is 2. The second-order valence-corrected chi connectivity index (χ2v) is 7.26. The molecule has 2 heterocycles. The number of benzene rings is 2. The number of halogens is 1. The molecular formula is C21H20ClN3O. The minimum absolute atomic E-state index is 0.0128. The third-order valence-electron chi connectivity index (χ3n) is 4.79. The van der Waals surface area contributed by atoms with Crippen molar-refractivity contribution in [3.8, 4) is 5.69 Å². The minimum Gasteiger partial charge on any atom is -0.308 e. The van der Waals surface area contributed by atoms with Crippen molar-refractivity contribution in [3.05, 3.63) is 76.6 Å². The van der Waals surface area contributed by atoms with E-state index in [1.807, 2.05) is 52.0 Å². The highest BCUT2D eigenvalue weighted by atomic mass is 35.5. The largest absolute Gasteiger partial charge is 0.308 e. The molecule has 0 fully saturated rings. The number of hydrogen-bond acceptors (Lipinski definition) is 2. The first-order valence-corrected chi connectivity index (χ1v) is 9.17. The second kappa shape index (κ2) is 6.61. The van der Waals surface area contributed by atoms with Gasteiger partial charge in [0.05, 0.1) is 23.1 Å². The number of nitrogens with zero attached hydrogens (tertiary/aromatic N) is 3. The van der Waals surface area contributed by atoms with Gasteiger partial charge in [-0.05, 0) is 48.2 Å². The van der Waals surface area contributed by atoms with Crippen molar-refractivity contribution in [2.24, 2.45) is 0 Å². The van der Waals surface area contributed by atoms with Gasteiger partial charge in [0.25, 0.3) is 5.91 Å². The Morgan fingerprint density at radius 1 is 1.12 bits per heavy atom. The Labute approximate surface area is 158 Å². The molecule has 26 heavy (non-hydrogen) atoms. The van der Waals surface area contributed by atoms with Crippen LogP contribution in [0.4, 0.5) is 5.69 Å². The van der Waals surface area contributed by atoms with Crippen LogP contribution in [-0.2, 0) is 6.42 Å². The molecule has 4 nitrogen and oxygen atoms in total. The molecule has 132 valence electrons. The van der Waals surface area contributed by atoms with Gasteiger partial charge in [0.15, 0.2) is 0 Å². The van der Waals surface area contributed by atoms with Crippen LogP contribution in [0, 0.1) is 0 Å². The van der Waals surface area contributed by atoms with Gasteiger partial charge in [0, 0.05) is 17.3 Å². The van der Waals surface area contributed by atoms with Gasteiger partial charge in [-0.2, -0.15) is 5.10 Å². The van der Waals surface area contributed by atoms with Crippen molar-refractivity contribution in [2.75, 3.05) is 11.4 Å². The predicted molar refractivity (Wildman–Crippen MR) is 104 cm³/mol. The normalized spacial score (nSPS) is 13.3. The molecule has 0 radical (unpaired) electrons. The summed E-state index contributed by atoms with van der Waals surface area (Å²) in [5, 5.41) is 5.19. The van der Waals surface area contributed by atoms with Crippen LogP contribution >= 0.6 is 11.6 Å². The lowest BCUT2D eigenvalue weighted by atomic mass is 10.0. The average Bonchev–Trinajstić information content (AvgIpc) is 3.26. The van der Waals surface area contributed by atoms with E-state index in [1.54, 1.807) is 6.20 Å². The Bertz CT molecular complexity index is 960. The lowest BCUT2D eigenvalue weighted by Crippen LogP contribution is -2.29. The second-order valence-electron chi connectivity index (χ2n) is 6.82. The van der Waals surface area contributed by atoms with Crippen LogP contribution in [0.2, 0.25) is 5.02 Å². The Morgan fingerprint density at radius 3 is 2.58 bits per heavy atom. The number of carbonyl (C=O) groups is 1. The van der Waals surface area contributed by atoms with Crippen molar-refractivity contribution in [2.45, 2.75) is 26.2 Å². The van der Waals surface area contributed by atoms with Gasteiger partial charge < -0.3 is 4.90 Å². The summed E-state index contributed by atoms with van der Waals surface area (Å²) in [7, 11) is 0. The third kappa shape index (κ3) is 2.80. The molecule has 0 spiro atoms. The van der Waals surface area contributed by atoms with E-state index in [2.05, 4.69) is 25.0 Å². The number of para-hydroxylation sites is 1. The molecule has 1 aliphatic rings. The molecule has 1 aromatic heterocycles. The molecule has 1 aliphatic heterocycles. The van der Waals surface area contributed by atoms with Gasteiger partial charge in [-0.25, -0.2) is 4.68 Å². The lowest BCUT2D eigenvalue weighted by molar-refractivity contribution is 0.0988. The molecule has 2 aromatic carbocycles. The van der Waals surface area contributed by atoms with Gasteiger partial charge in [-0.1, -0.05) is 43.6 Å². The standard InChI is InChI=1S/C21H20ClN3O/c1-14(2)20-18(13-23-25(20)17-9-7-16(22)8-10-17)21(26)24-12-11-15-5-3-4-6-19(15)24/h3-10,13-14H,11-12H2,1-2H3. The molecule has 0 N–H and O–H groups in total. The monoisotopic (exact) mass is 365 g/mol. The molecule has 0 atom stereocenters. The van der Waals surface area contributed by atoms with E-state index in [-0.39, 0.29) is 11.8 Å². The first-order valence-electron chi connectivity index (χ1n) is 8.80. The summed E-state index contributed by atoms with van der Waals surface area (Å²) in [5.74, 6) is 0.170. The van der Waals surface area contributed by atoms with E-state index in [4.69, 9.17) is 11.6 Å². The molecule has 1 amide bonds. The van der Waals surface area contributed by atoms with E-state index in [1.165, 1.54) is 5.56 Å². The van der Waals surface area contributed by atoms with E-state index in [0.717, 1.165) is 23.5 Å². The zero-order valence-corrected chi connectivity index (χ0v) is 15.6. The van der Waals surface area contributed by atoms with Crippen LogP contribution in [0.5, 0.6) is 0 Å². The molecule has 4 rings (SSSR count). The van der Waals surface area contributed by atoms with Crippen LogP contribution in [0.3, 0.4) is 0 Å². The maximum atomic E-state index is 13.3. The Hall–Kier alpha value is -2.59. The van der Waals surface area contributed by atoms with Crippen molar-refractivity contribution in [3.63, 3.8) is 0 Å². The average molecular weight is 366 g/mol. The van der Waals surface area contributed by atoms with Gasteiger partial charge in [0.2, 0.25) is 0 Å². The fraction of sp³-hybridized carbons (Fsp3) is 0.238. The number of anilines is 1. The Morgan fingerprint density at radius 2 is 1.85 bits per heavy atom. The van der Waals surface area contributed by atoms with E-state index in [0.29, 0.717) is 17.1 Å². The summed E-state index contributed by atoms with van der Waals surface area (Å²) in [6.45, 7) is 4.87. The molecule has 0 saturated carbocycles. The minimum atomic E-state index is 0.0128. The fourth-order valence-electron chi connectivity index (χ4n) is 3.56. The van der Waals surface area contributed by atoms with Crippen molar-refractivity contribution in [1.82, 2.24) is 9.78 Å². The van der Waals surface area contributed by atoms with E-state index < -0.39 is 0 Å².